The van der Waals surface area contributed by atoms with Crippen molar-refractivity contribution >= 4 is 0 Å². The van der Waals surface area contributed by atoms with Crippen molar-refractivity contribution < 1.29 is 0 Å². The molecule has 1 aliphatic carbocycles. The fourth-order valence-corrected chi connectivity index (χ4v) is 0.970. The molecule has 0 fully saturated rings. The van der Waals surface area contributed by atoms with Gasteiger partial charge in [0.15, 0.2) is 0 Å². The molecule has 54 valence electrons. The molecule has 1 aliphatic rings. The zero-order chi connectivity index (χ0) is 7.07. The van der Waals surface area contributed by atoms with Gasteiger partial charge in [-0.05, 0) is 25.7 Å². The van der Waals surface area contributed by atoms with Crippen LogP contribution in [0.3, 0.4) is 0 Å². The van der Waals surface area contributed by atoms with E-state index in [9.17, 15) is 0 Å². The van der Waals surface area contributed by atoms with Crippen molar-refractivity contribution in [3.8, 4) is 0 Å². The Bertz CT molecular complexity index is 131. The van der Waals surface area contributed by atoms with Crippen LogP contribution in [0.15, 0.2) is 36.5 Å². The minimum absolute atomic E-state index is 1.10. The van der Waals surface area contributed by atoms with Crippen LogP contribution in [0.1, 0.15) is 25.7 Å². The van der Waals surface area contributed by atoms with Crippen molar-refractivity contribution in [3.05, 3.63) is 36.5 Å². The van der Waals surface area contributed by atoms with Crippen LogP contribution in [0.4, 0.5) is 0 Å². The van der Waals surface area contributed by atoms with Gasteiger partial charge < -0.3 is 0 Å². The molecule has 0 radical (unpaired) electrons. The predicted molar refractivity (Wildman–Crippen MR) is 45.9 cm³/mol. The number of rotatable bonds is 0. The van der Waals surface area contributed by atoms with E-state index < -0.39 is 0 Å². The topological polar surface area (TPSA) is 0 Å². The quantitative estimate of drug-likeness (QED) is 0.446. The first-order valence-electron chi connectivity index (χ1n) is 3.95. The van der Waals surface area contributed by atoms with Crippen LogP contribution in [0.2, 0.25) is 0 Å². The number of hydrogen-bond acceptors (Lipinski definition) is 0. The highest BCUT2D eigenvalue weighted by Gasteiger charge is 1.79. The van der Waals surface area contributed by atoms with Crippen LogP contribution in [0.5, 0.6) is 0 Å². The second kappa shape index (κ2) is 5.04. The van der Waals surface area contributed by atoms with E-state index >= 15 is 0 Å². The van der Waals surface area contributed by atoms with Gasteiger partial charge in [0.05, 0.1) is 0 Å². The second-order valence-electron chi connectivity index (χ2n) is 2.46. The fourth-order valence-electron chi connectivity index (χ4n) is 0.970. The van der Waals surface area contributed by atoms with Gasteiger partial charge in [0, 0.05) is 0 Å². The summed E-state index contributed by atoms with van der Waals surface area (Å²) in [5, 5.41) is 0. The summed E-state index contributed by atoms with van der Waals surface area (Å²) in [7, 11) is 0. The summed E-state index contributed by atoms with van der Waals surface area (Å²) < 4.78 is 0. The van der Waals surface area contributed by atoms with E-state index in [0.29, 0.717) is 0 Å². The maximum atomic E-state index is 2.25. The number of hydrogen-bond donors (Lipinski definition) is 0. The first kappa shape index (κ1) is 7.33. The van der Waals surface area contributed by atoms with E-state index in [0.717, 1.165) is 12.8 Å². The summed E-state index contributed by atoms with van der Waals surface area (Å²) in [5.74, 6) is 0. The molecule has 0 nitrogen and oxygen atoms in total. The summed E-state index contributed by atoms with van der Waals surface area (Å²) in [6.07, 6.45) is 18.0. The average Bonchev–Trinajstić information content (AvgIpc) is 2.01. The fraction of sp³-hybridized carbons (Fsp3) is 0.400. The van der Waals surface area contributed by atoms with Crippen molar-refractivity contribution in [1.29, 1.82) is 0 Å². The average molecular weight is 134 g/mol. The molecule has 0 unspecified atom stereocenters. The summed E-state index contributed by atoms with van der Waals surface area (Å²) in [4.78, 5) is 0. The van der Waals surface area contributed by atoms with Crippen molar-refractivity contribution in [3.63, 3.8) is 0 Å². The third-order valence-corrected chi connectivity index (χ3v) is 1.54. The summed E-state index contributed by atoms with van der Waals surface area (Å²) in [5.41, 5.74) is 0. The molecule has 0 aromatic rings. The molecule has 0 spiro atoms. The SMILES string of the molecule is C1=CC/C=C\CCC=CC1. The van der Waals surface area contributed by atoms with Crippen molar-refractivity contribution in [1.82, 2.24) is 0 Å². The molecular weight excluding hydrogens is 120 g/mol. The van der Waals surface area contributed by atoms with E-state index in [1.807, 2.05) is 0 Å². The van der Waals surface area contributed by atoms with E-state index in [1.54, 1.807) is 0 Å². The lowest BCUT2D eigenvalue weighted by molar-refractivity contribution is 1.03. The molecule has 1 rings (SSSR count). The van der Waals surface area contributed by atoms with E-state index in [4.69, 9.17) is 0 Å². The normalized spacial score (nSPS) is 22.4. The molecule has 0 amide bonds. The van der Waals surface area contributed by atoms with Gasteiger partial charge in [-0.15, -0.1) is 0 Å². The molecule has 0 atom stereocenters. The summed E-state index contributed by atoms with van der Waals surface area (Å²) in [6, 6.07) is 0. The predicted octanol–water partition coefficient (Wildman–Crippen LogP) is 3.23. The summed E-state index contributed by atoms with van der Waals surface area (Å²) >= 11 is 0. The van der Waals surface area contributed by atoms with Gasteiger partial charge in [-0.3, -0.25) is 0 Å². The van der Waals surface area contributed by atoms with Crippen molar-refractivity contribution in [2.24, 2.45) is 0 Å². The van der Waals surface area contributed by atoms with E-state index in [1.165, 1.54) is 12.8 Å². The molecule has 0 saturated carbocycles. The highest BCUT2D eigenvalue weighted by molar-refractivity contribution is 4.99. The molecule has 0 aliphatic heterocycles. The smallest absolute Gasteiger partial charge is 0.0169 e. The van der Waals surface area contributed by atoms with Crippen LogP contribution in [-0.4, -0.2) is 0 Å². The van der Waals surface area contributed by atoms with Crippen LogP contribution in [0.25, 0.3) is 0 Å². The molecule has 0 saturated heterocycles. The van der Waals surface area contributed by atoms with Gasteiger partial charge in [-0.1, -0.05) is 36.5 Å². The van der Waals surface area contributed by atoms with Crippen LogP contribution in [0, 0.1) is 0 Å². The molecule has 0 bridgehead atoms. The van der Waals surface area contributed by atoms with Gasteiger partial charge in [-0.25, -0.2) is 0 Å². The van der Waals surface area contributed by atoms with Gasteiger partial charge in [0.25, 0.3) is 0 Å². The lowest BCUT2D eigenvalue weighted by Gasteiger charge is -1.89. The molecular formula is C10H14. The third kappa shape index (κ3) is 3.29. The Morgan fingerprint density at radius 1 is 0.500 bits per heavy atom. The van der Waals surface area contributed by atoms with Gasteiger partial charge >= 0.3 is 0 Å². The largest absolute Gasteiger partial charge is 0.0879 e. The van der Waals surface area contributed by atoms with Gasteiger partial charge in [0.1, 0.15) is 0 Å². The molecule has 0 N–H and O–H groups in total. The Balaban J connectivity index is 2.38. The Labute approximate surface area is 62.9 Å². The first-order valence-corrected chi connectivity index (χ1v) is 3.95. The molecule has 0 aromatic carbocycles. The van der Waals surface area contributed by atoms with E-state index in [-0.39, 0.29) is 0 Å². The Morgan fingerprint density at radius 3 is 1.40 bits per heavy atom. The minimum atomic E-state index is 1.10. The summed E-state index contributed by atoms with van der Waals surface area (Å²) in [6.45, 7) is 0. The molecule has 10 heavy (non-hydrogen) atoms. The van der Waals surface area contributed by atoms with Crippen LogP contribution in [-0.2, 0) is 0 Å². The molecule has 0 heteroatoms. The maximum absolute atomic E-state index is 2.25. The minimum Gasteiger partial charge on any atom is -0.0879 e. The lowest BCUT2D eigenvalue weighted by Crippen LogP contribution is -1.68. The monoisotopic (exact) mass is 134 g/mol. The third-order valence-electron chi connectivity index (χ3n) is 1.54. The van der Waals surface area contributed by atoms with Gasteiger partial charge in [-0.2, -0.15) is 0 Å². The standard InChI is InChI=1S/C10H14/c1-2-4-6-8-10-9-7-5-3-1/h1-2,5-8H,3-4,9-10H2/b2-1?,7-5-,8-6?. The lowest BCUT2D eigenvalue weighted by atomic mass is 10.2. The second-order valence-corrected chi connectivity index (χ2v) is 2.46. The highest BCUT2D eigenvalue weighted by Crippen LogP contribution is 1.99. The highest BCUT2D eigenvalue weighted by atomic mass is 13.9. The van der Waals surface area contributed by atoms with Crippen molar-refractivity contribution in [2.75, 3.05) is 0 Å². The zero-order valence-corrected chi connectivity index (χ0v) is 6.29. The van der Waals surface area contributed by atoms with Crippen molar-refractivity contribution in [2.45, 2.75) is 25.7 Å². The van der Waals surface area contributed by atoms with E-state index in [2.05, 4.69) is 36.5 Å². The van der Waals surface area contributed by atoms with Crippen LogP contribution < -0.4 is 0 Å². The molecule has 0 aromatic heterocycles. The maximum Gasteiger partial charge on any atom is -0.0169 e. The van der Waals surface area contributed by atoms with Gasteiger partial charge in [0.2, 0.25) is 0 Å². The Hall–Kier alpha value is -0.780. The van der Waals surface area contributed by atoms with Crippen LogP contribution >= 0.6 is 0 Å². The number of allylic oxidation sites excluding steroid dienone is 6. The first-order chi connectivity index (χ1) is 5.00. The zero-order valence-electron chi connectivity index (χ0n) is 6.29. The molecule has 0 heterocycles. The Kier molecular flexibility index (Phi) is 3.69. The Morgan fingerprint density at radius 2 is 0.900 bits per heavy atom.